The third kappa shape index (κ3) is 4.18. The number of aromatic amines is 1. The summed E-state index contributed by atoms with van der Waals surface area (Å²) in [5.74, 6) is 0.957. The van der Waals surface area contributed by atoms with Gasteiger partial charge >= 0.3 is 0 Å². The van der Waals surface area contributed by atoms with Crippen LogP contribution in [0.2, 0.25) is 0 Å². The molecule has 0 saturated carbocycles. The fraction of sp³-hybridized carbons (Fsp3) is 0.190. The Balaban J connectivity index is 1.61. The van der Waals surface area contributed by atoms with E-state index in [0.717, 1.165) is 16.6 Å². The highest BCUT2D eigenvalue weighted by Crippen LogP contribution is 2.28. The minimum absolute atomic E-state index is 0.0114. The van der Waals surface area contributed by atoms with E-state index in [4.69, 9.17) is 9.84 Å². The molecule has 4 aromatic rings. The number of para-hydroxylation sites is 1. The number of carbonyl (C=O) groups excluding carboxylic acids is 1. The molecule has 154 valence electrons. The number of hydrogen-bond donors (Lipinski definition) is 4. The summed E-state index contributed by atoms with van der Waals surface area (Å²) in [6.07, 6.45) is 0.711. The van der Waals surface area contributed by atoms with Gasteiger partial charge in [-0.25, -0.2) is 9.97 Å². The summed E-state index contributed by atoms with van der Waals surface area (Å²) in [6.45, 7) is 1.58. The highest BCUT2D eigenvalue weighted by Gasteiger charge is 2.16. The molecular weight excluding hydrogens is 404 g/mol. The first-order valence-corrected chi connectivity index (χ1v) is 10.2. The predicted molar refractivity (Wildman–Crippen MR) is 115 cm³/mol. The van der Waals surface area contributed by atoms with E-state index >= 15 is 0 Å². The van der Waals surface area contributed by atoms with Crippen LogP contribution in [-0.4, -0.2) is 50.4 Å². The van der Waals surface area contributed by atoms with Crippen molar-refractivity contribution >= 4 is 33.4 Å². The van der Waals surface area contributed by atoms with E-state index in [1.54, 1.807) is 29.8 Å². The normalized spacial score (nSPS) is 12.1. The van der Waals surface area contributed by atoms with E-state index in [0.29, 0.717) is 27.8 Å². The van der Waals surface area contributed by atoms with Gasteiger partial charge in [-0.1, -0.05) is 6.07 Å². The number of hydrogen-bond acceptors (Lipinski definition) is 7. The molecule has 0 radical (unpaired) electrons. The number of nitrogens with one attached hydrogen (secondary N) is 2. The molecule has 2 aromatic heterocycles. The zero-order chi connectivity index (χ0) is 21.1. The van der Waals surface area contributed by atoms with Gasteiger partial charge in [-0.2, -0.15) is 0 Å². The van der Waals surface area contributed by atoms with Gasteiger partial charge in [0.1, 0.15) is 29.8 Å². The first-order chi connectivity index (χ1) is 14.5. The van der Waals surface area contributed by atoms with Crippen LogP contribution in [0.3, 0.4) is 0 Å². The number of benzene rings is 2. The van der Waals surface area contributed by atoms with Crippen LogP contribution in [0.1, 0.15) is 15.9 Å². The van der Waals surface area contributed by atoms with Crippen molar-refractivity contribution in [2.24, 2.45) is 0 Å². The van der Waals surface area contributed by atoms with Crippen molar-refractivity contribution in [3.05, 3.63) is 59.1 Å². The molecule has 0 saturated heterocycles. The van der Waals surface area contributed by atoms with Crippen LogP contribution < -0.4 is 10.1 Å². The number of H-pyrrole nitrogens is 1. The molecule has 2 heterocycles. The number of aliphatic hydroxyl groups is 2. The lowest BCUT2D eigenvalue weighted by molar-refractivity contribution is 0.0536. The highest BCUT2D eigenvalue weighted by atomic mass is 32.1. The molecule has 0 aliphatic rings. The first kappa shape index (κ1) is 20.0. The van der Waals surface area contributed by atoms with E-state index in [-0.39, 0.29) is 19.1 Å². The molecule has 0 fully saturated rings. The molecule has 30 heavy (non-hydrogen) atoms. The van der Waals surface area contributed by atoms with Crippen molar-refractivity contribution in [2.45, 2.75) is 13.0 Å². The monoisotopic (exact) mass is 424 g/mol. The minimum atomic E-state index is -0.922. The number of nitrogens with zero attached hydrogens (tertiary/aromatic N) is 2. The lowest BCUT2D eigenvalue weighted by atomic mass is 10.1. The number of aliphatic hydroxyl groups excluding tert-OH is 2. The van der Waals surface area contributed by atoms with Crippen molar-refractivity contribution in [1.29, 1.82) is 0 Å². The van der Waals surface area contributed by atoms with Gasteiger partial charge in [0, 0.05) is 17.1 Å². The van der Waals surface area contributed by atoms with Crippen molar-refractivity contribution < 1.29 is 19.7 Å². The smallest absolute Gasteiger partial charge is 0.259 e. The number of amides is 1. The van der Waals surface area contributed by atoms with Gasteiger partial charge in [0.05, 0.1) is 17.7 Å². The zero-order valence-corrected chi connectivity index (χ0v) is 16.9. The average Bonchev–Trinajstić information content (AvgIpc) is 3.41. The second-order valence-electron chi connectivity index (χ2n) is 6.70. The van der Waals surface area contributed by atoms with Gasteiger partial charge < -0.3 is 19.9 Å². The Hall–Kier alpha value is -3.27. The Morgan fingerprint density at radius 2 is 2.20 bits per heavy atom. The number of thiazole rings is 1. The number of aromatic nitrogens is 3. The van der Waals surface area contributed by atoms with Crippen LogP contribution in [-0.2, 0) is 0 Å². The van der Waals surface area contributed by atoms with Gasteiger partial charge in [-0.15, -0.1) is 11.3 Å². The SMILES string of the molecule is Cc1cc(OCC(O)CO)ccc1-c1nc2c(C(=O)Nc3nccs3)cccc2[nH]1. The molecule has 2 aromatic carbocycles. The fourth-order valence-electron chi connectivity index (χ4n) is 3.03. The van der Waals surface area contributed by atoms with Gasteiger partial charge in [0.2, 0.25) is 0 Å². The van der Waals surface area contributed by atoms with Crippen LogP contribution in [0, 0.1) is 6.92 Å². The third-order valence-corrected chi connectivity index (χ3v) is 5.20. The highest BCUT2D eigenvalue weighted by molar-refractivity contribution is 7.13. The molecule has 4 rings (SSSR count). The number of anilines is 1. The lowest BCUT2D eigenvalue weighted by Gasteiger charge is -2.11. The van der Waals surface area contributed by atoms with Gasteiger partial charge in [0.25, 0.3) is 5.91 Å². The summed E-state index contributed by atoms with van der Waals surface area (Å²) >= 11 is 1.35. The van der Waals surface area contributed by atoms with E-state index in [1.807, 2.05) is 25.1 Å². The molecule has 8 nitrogen and oxygen atoms in total. The van der Waals surface area contributed by atoms with Crippen molar-refractivity contribution in [2.75, 3.05) is 18.5 Å². The molecule has 1 unspecified atom stereocenters. The number of carbonyl (C=O) groups is 1. The lowest BCUT2D eigenvalue weighted by Crippen LogP contribution is -2.21. The van der Waals surface area contributed by atoms with Crippen LogP contribution in [0.5, 0.6) is 5.75 Å². The maximum Gasteiger partial charge on any atom is 0.259 e. The molecule has 1 amide bonds. The minimum Gasteiger partial charge on any atom is -0.491 e. The molecule has 4 N–H and O–H groups in total. The summed E-state index contributed by atoms with van der Waals surface area (Å²) in [7, 11) is 0. The number of rotatable bonds is 7. The van der Waals surface area contributed by atoms with Gasteiger partial charge in [-0.3, -0.25) is 10.1 Å². The average molecular weight is 424 g/mol. The van der Waals surface area contributed by atoms with Crippen molar-refractivity contribution in [3.8, 4) is 17.1 Å². The second-order valence-corrected chi connectivity index (χ2v) is 7.60. The zero-order valence-electron chi connectivity index (χ0n) is 16.1. The van der Waals surface area contributed by atoms with Crippen molar-refractivity contribution in [3.63, 3.8) is 0 Å². The van der Waals surface area contributed by atoms with Crippen molar-refractivity contribution in [1.82, 2.24) is 15.0 Å². The Morgan fingerprint density at radius 1 is 1.33 bits per heavy atom. The summed E-state index contributed by atoms with van der Waals surface area (Å²) in [4.78, 5) is 24.7. The molecule has 1 atom stereocenters. The maximum atomic E-state index is 12.7. The third-order valence-electron chi connectivity index (χ3n) is 4.52. The quantitative estimate of drug-likeness (QED) is 0.362. The molecule has 9 heteroatoms. The first-order valence-electron chi connectivity index (χ1n) is 9.27. The second kappa shape index (κ2) is 8.62. The topological polar surface area (TPSA) is 120 Å². The molecule has 0 aliphatic heterocycles. The van der Waals surface area contributed by atoms with E-state index in [2.05, 4.69) is 20.3 Å². The van der Waals surface area contributed by atoms with E-state index in [1.165, 1.54) is 11.3 Å². The number of imidazole rings is 1. The van der Waals surface area contributed by atoms with Crippen LogP contribution in [0.15, 0.2) is 48.0 Å². The number of aryl methyl sites for hydroxylation is 1. The molecular formula is C21H20N4O4S. The standard InChI is InChI=1S/C21H20N4O4S/c1-12-9-14(29-11-13(27)10-26)5-6-15(12)19-23-17-4-2-3-16(18(17)24-19)20(28)25-21-22-7-8-30-21/h2-9,13,26-27H,10-11H2,1H3,(H,23,24)(H,22,25,28). The molecule has 0 aliphatic carbocycles. The number of ether oxygens (including phenoxy) is 1. The Kier molecular flexibility index (Phi) is 5.75. The summed E-state index contributed by atoms with van der Waals surface area (Å²) in [5.41, 5.74) is 3.57. The predicted octanol–water partition coefficient (Wildman–Crippen LogP) is 2.98. The van der Waals surface area contributed by atoms with E-state index in [9.17, 15) is 9.90 Å². The van der Waals surface area contributed by atoms with E-state index < -0.39 is 6.10 Å². The molecule has 0 bridgehead atoms. The molecule has 0 spiro atoms. The summed E-state index contributed by atoms with van der Waals surface area (Å²) in [5, 5.41) is 23.4. The van der Waals surface area contributed by atoms with Gasteiger partial charge in [-0.05, 0) is 42.8 Å². The summed E-state index contributed by atoms with van der Waals surface area (Å²) in [6, 6.07) is 10.9. The Morgan fingerprint density at radius 3 is 2.93 bits per heavy atom. The Labute approximate surface area is 176 Å². The number of fused-ring (bicyclic) bond motifs is 1. The van der Waals surface area contributed by atoms with Gasteiger partial charge in [0.15, 0.2) is 5.13 Å². The van der Waals surface area contributed by atoms with Crippen LogP contribution >= 0.6 is 11.3 Å². The Bertz CT molecular complexity index is 1170. The summed E-state index contributed by atoms with van der Waals surface area (Å²) < 4.78 is 5.49. The van der Waals surface area contributed by atoms with Crippen LogP contribution in [0.4, 0.5) is 5.13 Å². The maximum absolute atomic E-state index is 12.7. The fourth-order valence-corrected chi connectivity index (χ4v) is 3.55. The van der Waals surface area contributed by atoms with Crippen LogP contribution in [0.25, 0.3) is 22.4 Å². The largest absolute Gasteiger partial charge is 0.491 e.